The molecular weight excluding hydrogens is 372 g/mol. The average Bonchev–Trinajstić information content (AvgIpc) is 2.57. The van der Waals surface area contributed by atoms with Gasteiger partial charge in [-0.05, 0) is 32.8 Å². The van der Waals surface area contributed by atoms with E-state index in [4.69, 9.17) is 16.3 Å². The molecule has 0 aromatic heterocycles. The topological polar surface area (TPSA) is 107 Å². The van der Waals surface area contributed by atoms with E-state index in [1.54, 1.807) is 6.92 Å². The number of nitro groups is 1. The number of sulfonamides is 1. The van der Waals surface area contributed by atoms with Crippen LogP contribution < -0.4 is 0 Å². The number of ether oxygens (including phenoxy) is 1. The van der Waals surface area contributed by atoms with Gasteiger partial charge in [-0.3, -0.25) is 14.9 Å². The summed E-state index contributed by atoms with van der Waals surface area (Å²) in [6.07, 6.45) is 1.05. The molecule has 25 heavy (non-hydrogen) atoms. The molecule has 138 valence electrons. The highest BCUT2D eigenvalue weighted by Gasteiger charge is 2.35. The minimum atomic E-state index is -4.00. The lowest BCUT2D eigenvalue weighted by atomic mass is 10.0. The molecule has 1 atom stereocenters. The van der Waals surface area contributed by atoms with Crippen LogP contribution in [0.1, 0.15) is 25.3 Å². The third-order valence-electron chi connectivity index (χ3n) is 4.13. The normalized spacial score (nSPS) is 18.8. The highest BCUT2D eigenvalue weighted by Crippen LogP contribution is 2.32. The molecule has 0 aliphatic carbocycles. The molecule has 1 fully saturated rings. The predicted molar refractivity (Wildman–Crippen MR) is 91.0 cm³/mol. The lowest BCUT2D eigenvalue weighted by molar-refractivity contribution is -0.385. The van der Waals surface area contributed by atoms with Gasteiger partial charge in [-0.25, -0.2) is 8.42 Å². The summed E-state index contributed by atoms with van der Waals surface area (Å²) in [6, 6.07) is 2.21. The highest BCUT2D eigenvalue weighted by atomic mass is 35.5. The van der Waals surface area contributed by atoms with E-state index >= 15 is 0 Å². The Hall–Kier alpha value is -1.71. The van der Waals surface area contributed by atoms with Crippen molar-refractivity contribution in [3.63, 3.8) is 0 Å². The Kier molecular flexibility index (Phi) is 6.02. The number of esters is 1. The number of carbonyl (C=O) groups is 1. The molecule has 0 amide bonds. The Balaban J connectivity index is 2.35. The number of nitrogens with zero attached hydrogens (tertiary/aromatic N) is 2. The number of hydrogen-bond donors (Lipinski definition) is 0. The number of piperidine rings is 1. The number of hydrogen-bond acceptors (Lipinski definition) is 6. The Labute approximate surface area is 150 Å². The summed E-state index contributed by atoms with van der Waals surface area (Å²) in [6.45, 7) is 3.58. The van der Waals surface area contributed by atoms with Crippen molar-refractivity contribution in [3.05, 3.63) is 32.8 Å². The van der Waals surface area contributed by atoms with E-state index < -0.39 is 26.8 Å². The SMILES string of the molecule is CCOC(=O)[C@H]1CCCN(S(=O)(=O)c2cc(Cl)c(C)c([N+](=O)[O-])c2)C1. The fraction of sp³-hybridized carbons (Fsp3) is 0.533. The van der Waals surface area contributed by atoms with Gasteiger partial charge in [0.1, 0.15) is 0 Å². The summed E-state index contributed by atoms with van der Waals surface area (Å²) < 4.78 is 31.8. The second kappa shape index (κ2) is 7.67. The summed E-state index contributed by atoms with van der Waals surface area (Å²) >= 11 is 5.97. The lowest BCUT2D eigenvalue weighted by Crippen LogP contribution is -2.42. The minimum absolute atomic E-state index is 0.00623. The first-order chi connectivity index (χ1) is 11.7. The van der Waals surface area contributed by atoms with Crippen LogP contribution in [0.25, 0.3) is 0 Å². The Morgan fingerprint density at radius 3 is 2.76 bits per heavy atom. The zero-order valence-corrected chi connectivity index (χ0v) is 15.5. The van der Waals surface area contributed by atoms with Gasteiger partial charge in [-0.15, -0.1) is 0 Å². The van der Waals surface area contributed by atoms with Crippen LogP contribution in [0, 0.1) is 23.0 Å². The summed E-state index contributed by atoms with van der Waals surface area (Å²) in [5.74, 6) is -0.977. The Morgan fingerprint density at radius 1 is 1.48 bits per heavy atom. The molecule has 8 nitrogen and oxygen atoms in total. The van der Waals surface area contributed by atoms with Crippen molar-refractivity contribution in [2.75, 3.05) is 19.7 Å². The van der Waals surface area contributed by atoms with Crippen LogP contribution in [0.5, 0.6) is 0 Å². The maximum absolute atomic E-state index is 12.8. The third-order valence-corrected chi connectivity index (χ3v) is 6.36. The van der Waals surface area contributed by atoms with Gasteiger partial charge in [0, 0.05) is 24.7 Å². The lowest BCUT2D eigenvalue weighted by Gasteiger charge is -2.30. The molecule has 1 aliphatic heterocycles. The van der Waals surface area contributed by atoms with Crippen LogP contribution in [-0.2, 0) is 19.6 Å². The van der Waals surface area contributed by atoms with Crippen molar-refractivity contribution in [2.45, 2.75) is 31.6 Å². The van der Waals surface area contributed by atoms with Crippen LogP contribution in [0.15, 0.2) is 17.0 Å². The van der Waals surface area contributed by atoms with Crippen molar-refractivity contribution in [2.24, 2.45) is 5.92 Å². The first kappa shape index (κ1) is 19.6. The zero-order chi connectivity index (χ0) is 18.8. The minimum Gasteiger partial charge on any atom is -0.466 e. The van der Waals surface area contributed by atoms with Gasteiger partial charge in [0.25, 0.3) is 5.69 Å². The van der Waals surface area contributed by atoms with Gasteiger partial charge in [-0.1, -0.05) is 11.6 Å². The molecule has 0 saturated carbocycles. The molecule has 0 spiro atoms. The van der Waals surface area contributed by atoms with Crippen LogP contribution >= 0.6 is 11.6 Å². The summed E-state index contributed by atoms with van der Waals surface area (Å²) in [7, 11) is -4.00. The van der Waals surface area contributed by atoms with Crippen molar-refractivity contribution >= 4 is 33.3 Å². The van der Waals surface area contributed by atoms with E-state index in [-0.39, 0.29) is 40.9 Å². The molecule has 0 bridgehead atoms. The quantitative estimate of drug-likeness (QED) is 0.434. The van der Waals surface area contributed by atoms with E-state index in [1.165, 1.54) is 13.0 Å². The van der Waals surface area contributed by atoms with Crippen molar-refractivity contribution in [1.29, 1.82) is 0 Å². The number of benzene rings is 1. The molecule has 1 aromatic carbocycles. The molecule has 1 heterocycles. The van der Waals surface area contributed by atoms with Gasteiger partial charge >= 0.3 is 5.97 Å². The summed E-state index contributed by atoms with van der Waals surface area (Å²) in [4.78, 5) is 22.1. The number of carbonyl (C=O) groups excluding carboxylic acids is 1. The van der Waals surface area contributed by atoms with Gasteiger partial charge in [-0.2, -0.15) is 4.31 Å². The molecule has 1 aromatic rings. The molecule has 0 N–H and O–H groups in total. The van der Waals surface area contributed by atoms with E-state index in [0.717, 1.165) is 10.4 Å². The number of nitro benzene ring substituents is 1. The molecule has 1 aliphatic rings. The molecule has 2 rings (SSSR count). The smallest absolute Gasteiger partial charge is 0.310 e. The van der Waals surface area contributed by atoms with Gasteiger partial charge in [0.2, 0.25) is 10.0 Å². The van der Waals surface area contributed by atoms with Crippen LogP contribution in [0.3, 0.4) is 0 Å². The van der Waals surface area contributed by atoms with Gasteiger partial charge < -0.3 is 4.74 Å². The maximum atomic E-state index is 12.8. The van der Waals surface area contributed by atoms with E-state index in [9.17, 15) is 23.3 Å². The molecule has 1 saturated heterocycles. The average molecular weight is 391 g/mol. The highest BCUT2D eigenvalue weighted by molar-refractivity contribution is 7.89. The molecule has 10 heteroatoms. The van der Waals surface area contributed by atoms with Crippen LogP contribution in [-0.4, -0.2) is 43.3 Å². The maximum Gasteiger partial charge on any atom is 0.310 e. The first-order valence-electron chi connectivity index (χ1n) is 7.79. The predicted octanol–water partition coefficient (Wildman–Crippen LogP) is 2.52. The number of halogens is 1. The van der Waals surface area contributed by atoms with E-state index in [1.807, 2.05) is 0 Å². The largest absolute Gasteiger partial charge is 0.466 e. The second-order valence-electron chi connectivity index (χ2n) is 5.76. The fourth-order valence-corrected chi connectivity index (χ4v) is 4.59. The second-order valence-corrected chi connectivity index (χ2v) is 8.11. The Morgan fingerprint density at radius 2 is 2.16 bits per heavy atom. The van der Waals surface area contributed by atoms with Crippen molar-refractivity contribution in [3.8, 4) is 0 Å². The van der Waals surface area contributed by atoms with Gasteiger partial charge in [0.15, 0.2) is 0 Å². The van der Waals surface area contributed by atoms with Gasteiger partial charge in [0.05, 0.1) is 27.4 Å². The van der Waals surface area contributed by atoms with Crippen LogP contribution in [0.4, 0.5) is 5.69 Å². The fourth-order valence-electron chi connectivity index (χ4n) is 2.74. The zero-order valence-electron chi connectivity index (χ0n) is 13.9. The molecule has 0 unspecified atom stereocenters. The third kappa shape index (κ3) is 4.10. The Bertz CT molecular complexity index is 795. The monoisotopic (exact) mass is 390 g/mol. The number of rotatable bonds is 5. The van der Waals surface area contributed by atoms with Crippen LogP contribution in [0.2, 0.25) is 5.02 Å². The van der Waals surface area contributed by atoms with E-state index in [0.29, 0.717) is 12.8 Å². The van der Waals surface area contributed by atoms with Crippen molar-refractivity contribution < 1.29 is 22.9 Å². The first-order valence-corrected chi connectivity index (χ1v) is 9.61. The molecular formula is C15H19ClN2O6S. The van der Waals surface area contributed by atoms with Crippen molar-refractivity contribution in [1.82, 2.24) is 4.31 Å². The molecule has 0 radical (unpaired) electrons. The summed E-state index contributed by atoms with van der Waals surface area (Å²) in [5, 5.41) is 11.1. The standard InChI is InChI=1S/C15H19ClN2O6S/c1-3-24-15(19)11-5-4-6-17(9-11)25(22,23)12-7-13(16)10(2)14(8-12)18(20)21/h7-8,11H,3-6,9H2,1-2H3/t11-/m0/s1. The summed E-state index contributed by atoms with van der Waals surface area (Å²) in [5.41, 5.74) is -0.154. The van der Waals surface area contributed by atoms with E-state index in [2.05, 4.69) is 0 Å².